The molecule has 0 unspecified atom stereocenters. The third kappa shape index (κ3) is 3.33. The number of hydrogen-bond donors (Lipinski definition) is 1. The van der Waals surface area contributed by atoms with Gasteiger partial charge in [-0.05, 0) is 6.92 Å². The minimum Gasteiger partial charge on any atom is -0.396 e. The number of aliphatic hydroxyl groups excluding tert-OH is 1. The maximum Gasteiger partial charge on any atom is 0.136 e. The van der Waals surface area contributed by atoms with Gasteiger partial charge < -0.3 is 5.11 Å². The van der Waals surface area contributed by atoms with Crippen molar-refractivity contribution in [2.24, 2.45) is 0 Å². The lowest BCUT2D eigenvalue weighted by atomic mass is 10.2. The van der Waals surface area contributed by atoms with Gasteiger partial charge in [-0.15, -0.1) is 11.8 Å². The van der Waals surface area contributed by atoms with E-state index in [-0.39, 0.29) is 12.5 Å². The fraction of sp³-hybridized carbons (Fsp3) is 0.600. The summed E-state index contributed by atoms with van der Waals surface area (Å²) in [7, 11) is 0. The topological polar surface area (TPSA) is 46.0 Å². The average Bonchev–Trinajstić information content (AvgIpc) is 2.19. The SMILES string of the molecule is Cc1c(Cl)nc(C(C)C)nc1SCCO. The van der Waals surface area contributed by atoms with Crippen LogP contribution in [0.5, 0.6) is 0 Å². The Kier molecular flexibility index (Phi) is 4.83. The van der Waals surface area contributed by atoms with Crippen molar-refractivity contribution >= 4 is 23.4 Å². The van der Waals surface area contributed by atoms with E-state index in [1.807, 2.05) is 20.8 Å². The van der Waals surface area contributed by atoms with Crippen LogP contribution in [0.25, 0.3) is 0 Å². The smallest absolute Gasteiger partial charge is 0.136 e. The number of aliphatic hydroxyl groups is 1. The molecule has 0 amide bonds. The molecule has 1 aromatic rings. The maximum absolute atomic E-state index is 8.77. The fourth-order valence-corrected chi connectivity index (χ4v) is 2.01. The van der Waals surface area contributed by atoms with Gasteiger partial charge in [-0.25, -0.2) is 9.97 Å². The fourth-order valence-electron chi connectivity index (χ4n) is 1.03. The molecular weight excluding hydrogens is 232 g/mol. The van der Waals surface area contributed by atoms with Crippen LogP contribution in [0.3, 0.4) is 0 Å². The molecule has 84 valence electrons. The highest BCUT2D eigenvalue weighted by Gasteiger charge is 2.11. The van der Waals surface area contributed by atoms with E-state index in [9.17, 15) is 0 Å². The van der Waals surface area contributed by atoms with Gasteiger partial charge in [-0.2, -0.15) is 0 Å². The predicted molar refractivity (Wildman–Crippen MR) is 63.7 cm³/mol. The number of thioether (sulfide) groups is 1. The van der Waals surface area contributed by atoms with E-state index in [1.165, 1.54) is 11.8 Å². The van der Waals surface area contributed by atoms with Crippen LogP contribution in [0.1, 0.15) is 31.2 Å². The summed E-state index contributed by atoms with van der Waals surface area (Å²) in [6, 6.07) is 0. The van der Waals surface area contributed by atoms with Crippen LogP contribution in [0.15, 0.2) is 5.03 Å². The zero-order chi connectivity index (χ0) is 11.4. The Balaban J connectivity index is 3.02. The van der Waals surface area contributed by atoms with Crippen LogP contribution in [0.2, 0.25) is 5.15 Å². The Morgan fingerprint density at radius 1 is 1.40 bits per heavy atom. The third-order valence-electron chi connectivity index (χ3n) is 1.91. The Labute approximate surface area is 99.3 Å². The Morgan fingerprint density at radius 2 is 2.07 bits per heavy atom. The summed E-state index contributed by atoms with van der Waals surface area (Å²) in [6.07, 6.45) is 0. The first kappa shape index (κ1) is 12.7. The first-order valence-electron chi connectivity index (χ1n) is 4.84. The molecule has 0 saturated heterocycles. The van der Waals surface area contributed by atoms with Crippen molar-refractivity contribution < 1.29 is 5.11 Å². The van der Waals surface area contributed by atoms with Crippen LogP contribution < -0.4 is 0 Å². The van der Waals surface area contributed by atoms with Crippen LogP contribution in [0, 0.1) is 6.92 Å². The minimum absolute atomic E-state index is 0.142. The molecule has 0 atom stereocenters. The second-order valence-corrected chi connectivity index (χ2v) is 4.97. The van der Waals surface area contributed by atoms with Gasteiger partial charge in [0.2, 0.25) is 0 Å². The van der Waals surface area contributed by atoms with E-state index in [1.54, 1.807) is 0 Å². The highest BCUT2D eigenvalue weighted by atomic mass is 35.5. The van der Waals surface area contributed by atoms with Gasteiger partial charge in [0.1, 0.15) is 16.0 Å². The zero-order valence-corrected chi connectivity index (χ0v) is 10.7. The van der Waals surface area contributed by atoms with Gasteiger partial charge in [-0.3, -0.25) is 0 Å². The molecule has 0 bridgehead atoms. The van der Waals surface area contributed by atoms with Crippen LogP contribution >= 0.6 is 23.4 Å². The lowest BCUT2D eigenvalue weighted by molar-refractivity contribution is 0.322. The lowest BCUT2D eigenvalue weighted by Crippen LogP contribution is -2.02. The normalized spacial score (nSPS) is 11.1. The van der Waals surface area contributed by atoms with Crippen LogP contribution in [0.4, 0.5) is 0 Å². The molecule has 1 heterocycles. The van der Waals surface area contributed by atoms with E-state index in [0.29, 0.717) is 10.9 Å². The summed E-state index contributed by atoms with van der Waals surface area (Å²) < 4.78 is 0. The van der Waals surface area contributed by atoms with Gasteiger partial charge in [-0.1, -0.05) is 25.4 Å². The number of rotatable bonds is 4. The lowest BCUT2D eigenvalue weighted by Gasteiger charge is -2.10. The van der Waals surface area contributed by atoms with Crippen molar-refractivity contribution in [3.63, 3.8) is 0 Å². The van der Waals surface area contributed by atoms with E-state index in [4.69, 9.17) is 16.7 Å². The Bertz CT molecular complexity index is 344. The minimum atomic E-state index is 0.142. The number of hydrogen-bond acceptors (Lipinski definition) is 4. The van der Waals surface area contributed by atoms with Crippen molar-refractivity contribution in [3.05, 3.63) is 16.5 Å². The third-order valence-corrected chi connectivity index (χ3v) is 3.33. The van der Waals surface area contributed by atoms with Crippen LogP contribution in [-0.4, -0.2) is 27.4 Å². The summed E-state index contributed by atoms with van der Waals surface area (Å²) in [5.41, 5.74) is 0.888. The van der Waals surface area contributed by atoms with Crippen molar-refractivity contribution in [2.45, 2.75) is 31.7 Å². The van der Waals surface area contributed by atoms with E-state index in [0.717, 1.165) is 16.4 Å². The van der Waals surface area contributed by atoms with Crippen molar-refractivity contribution in [1.29, 1.82) is 0 Å². The number of halogens is 1. The predicted octanol–water partition coefficient (Wildman–Crippen LogP) is 2.65. The van der Waals surface area contributed by atoms with Gasteiger partial charge in [0.05, 0.1) is 6.61 Å². The molecule has 0 aromatic carbocycles. The number of nitrogens with zero attached hydrogens (tertiary/aromatic N) is 2. The molecule has 15 heavy (non-hydrogen) atoms. The second-order valence-electron chi connectivity index (χ2n) is 3.53. The Morgan fingerprint density at radius 3 is 2.60 bits per heavy atom. The molecule has 1 aromatic heterocycles. The highest BCUT2D eigenvalue weighted by Crippen LogP contribution is 2.26. The van der Waals surface area contributed by atoms with Crippen molar-refractivity contribution in [2.75, 3.05) is 12.4 Å². The summed E-state index contributed by atoms with van der Waals surface area (Å²) in [6.45, 7) is 6.10. The zero-order valence-electron chi connectivity index (χ0n) is 9.12. The van der Waals surface area contributed by atoms with Gasteiger partial charge in [0.15, 0.2) is 0 Å². The molecular formula is C10H15ClN2OS. The summed E-state index contributed by atoms with van der Waals surface area (Å²) in [5, 5.41) is 10.1. The quantitative estimate of drug-likeness (QED) is 0.655. The molecule has 0 aliphatic rings. The molecule has 0 saturated carbocycles. The first-order valence-corrected chi connectivity index (χ1v) is 6.20. The van der Waals surface area contributed by atoms with E-state index >= 15 is 0 Å². The first-order chi connectivity index (χ1) is 7.06. The largest absolute Gasteiger partial charge is 0.396 e. The van der Waals surface area contributed by atoms with Gasteiger partial charge in [0, 0.05) is 17.2 Å². The molecule has 0 fully saturated rings. The van der Waals surface area contributed by atoms with E-state index < -0.39 is 0 Å². The number of aromatic nitrogens is 2. The summed E-state index contributed by atoms with van der Waals surface area (Å²) >= 11 is 7.52. The maximum atomic E-state index is 8.77. The summed E-state index contributed by atoms with van der Waals surface area (Å²) in [5.74, 6) is 1.65. The standard InChI is InChI=1S/C10H15ClN2OS/c1-6(2)9-12-8(11)7(3)10(13-9)15-5-4-14/h6,14H,4-5H2,1-3H3. The average molecular weight is 247 g/mol. The molecule has 5 heteroatoms. The van der Waals surface area contributed by atoms with Gasteiger partial charge in [0.25, 0.3) is 0 Å². The molecule has 3 nitrogen and oxygen atoms in total. The molecule has 1 rings (SSSR count). The monoisotopic (exact) mass is 246 g/mol. The second kappa shape index (κ2) is 5.68. The molecule has 1 N–H and O–H groups in total. The molecule has 0 spiro atoms. The molecule has 0 radical (unpaired) electrons. The Hall–Kier alpha value is -0.320. The van der Waals surface area contributed by atoms with Crippen LogP contribution in [-0.2, 0) is 0 Å². The summed E-state index contributed by atoms with van der Waals surface area (Å²) in [4.78, 5) is 8.65. The molecule has 0 aliphatic carbocycles. The molecule has 0 aliphatic heterocycles. The van der Waals surface area contributed by atoms with E-state index in [2.05, 4.69) is 9.97 Å². The van der Waals surface area contributed by atoms with Gasteiger partial charge >= 0.3 is 0 Å². The van der Waals surface area contributed by atoms with Crippen molar-refractivity contribution in [1.82, 2.24) is 9.97 Å². The highest BCUT2D eigenvalue weighted by molar-refractivity contribution is 7.99. The van der Waals surface area contributed by atoms with Crippen molar-refractivity contribution in [3.8, 4) is 0 Å².